The smallest absolute Gasteiger partial charge is 0.338 e. The lowest BCUT2D eigenvalue weighted by atomic mass is 10.1. The third-order valence-corrected chi connectivity index (χ3v) is 2.28. The van der Waals surface area contributed by atoms with Gasteiger partial charge in [-0.2, -0.15) is 0 Å². The van der Waals surface area contributed by atoms with Crippen molar-refractivity contribution in [2.75, 3.05) is 10.6 Å². The molecule has 7 heteroatoms. The molecule has 92 valence electrons. The minimum absolute atomic E-state index is 0.0964. The van der Waals surface area contributed by atoms with E-state index in [2.05, 4.69) is 21.2 Å². The molecule has 2 N–H and O–H groups in total. The molecule has 0 saturated heterocycles. The van der Waals surface area contributed by atoms with Crippen molar-refractivity contribution in [2.24, 2.45) is 0 Å². The highest BCUT2D eigenvalue weighted by molar-refractivity contribution is 9.09. The topological polar surface area (TPSA) is 66.4 Å². The maximum absolute atomic E-state index is 13.2. The number of anilines is 1. The van der Waals surface area contributed by atoms with Gasteiger partial charge in [-0.1, -0.05) is 15.9 Å². The molecule has 0 atom stereocenters. The number of nitrogens with one attached hydrogen (secondary N) is 1. The van der Waals surface area contributed by atoms with Crippen molar-refractivity contribution in [1.82, 2.24) is 0 Å². The summed E-state index contributed by atoms with van der Waals surface area (Å²) in [7, 11) is 0. The average Bonchev–Trinajstić information content (AvgIpc) is 2.21. The number of hydrogen-bond acceptors (Lipinski definition) is 2. The van der Waals surface area contributed by atoms with Crippen LogP contribution >= 0.6 is 15.9 Å². The molecule has 0 radical (unpaired) electrons. The van der Waals surface area contributed by atoms with Crippen LogP contribution in [0.25, 0.3) is 0 Å². The van der Waals surface area contributed by atoms with Gasteiger partial charge in [-0.3, -0.25) is 4.79 Å². The second kappa shape index (κ2) is 5.72. The van der Waals surface area contributed by atoms with Crippen LogP contribution < -0.4 is 5.32 Å². The molecule has 0 bridgehead atoms. The zero-order valence-corrected chi connectivity index (χ0v) is 10.1. The molecule has 0 aliphatic carbocycles. The fourth-order valence-corrected chi connectivity index (χ4v) is 1.47. The van der Waals surface area contributed by atoms with Gasteiger partial charge in [-0.25, -0.2) is 13.6 Å². The van der Waals surface area contributed by atoms with Crippen LogP contribution in [0.1, 0.15) is 16.8 Å². The summed E-state index contributed by atoms with van der Waals surface area (Å²) in [6, 6.07) is 1.17. The zero-order chi connectivity index (χ0) is 13.0. The molecular weight excluding hydrogens is 300 g/mol. The summed E-state index contributed by atoms with van der Waals surface area (Å²) in [6.07, 6.45) is 0.0964. The van der Waals surface area contributed by atoms with Gasteiger partial charge in [0.05, 0.1) is 11.3 Å². The fourth-order valence-electron chi connectivity index (χ4n) is 1.11. The molecule has 0 fully saturated rings. The Morgan fingerprint density at radius 3 is 2.47 bits per heavy atom. The molecule has 17 heavy (non-hydrogen) atoms. The third-order valence-electron chi connectivity index (χ3n) is 1.88. The minimum Gasteiger partial charge on any atom is -0.478 e. The maximum atomic E-state index is 13.2. The predicted molar refractivity (Wildman–Crippen MR) is 60.4 cm³/mol. The van der Waals surface area contributed by atoms with Crippen LogP contribution in [0.5, 0.6) is 0 Å². The van der Waals surface area contributed by atoms with Gasteiger partial charge in [0.1, 0.15) is 11.6 Å². The number of alkyl halides is 1. The summed E-state index contributed by atoms with van der Waals surface area (Å²) in [5.41, 5.74) is -1.05. The first-order valence-electron chi connectivity index (χ1n) is 4.54. The monoisotopic (exact) mass is 307 g/mol. The van der Waals surface area contributed by atoms with Crippen molar-refractivity contribution in [3.05, 3.63) is 29.3 Å². The van der Waals surface area contributed by atoms with E-state index in [1.54, 1.807) is 0 Å². The van der Waals surface area contributed by atoms with E-state index in [1.165, 1.54) is 0 Å². The Bertz CT molecular complexity index is 465. The number of carboxylic acid groups (broad SMARTS) is 1. The van der Waals surface area contributed by atoms with Gasteiger partial charge in [0.25, 0.3) is 0 Å². The zero-order valence-electron chi connectivity index (χ0n) is 8.47. The van der Waals surface area contributed by atoms with Gasteiger partial charge in [-0.05, 0) is 6.07 Å². The highest BCUT2D eigenvalue weighted by Crippen LogP contribution is 2.19. The lowest BCUT2D eigenvalue weighted by molar-refractivity contribution is -0.115. The van der Waals surface area contributed by atoms with Crippen molar-refractivity contribution < 1.29 is 23.5 Å². The second-order valence-electron chi connectivity index (χ2n) is 3.10. The van der Waals surface area contributed by atoms with Crippen molar-refractivity contribution in [3.63, 3.8) is 0 Å². The van der Waals surface area contributed by atoms with Gasteiger partial charge in [0.2, 0.25) is 5.91 Å². The van der Waals surface area contributed by atoms with E-state index in [1.807, 2.05) is 0 Å². The molecule has 1 aromatic carbocycles. The predicted octanol–water partition coefficient (Wildman–Crippen LogP) is 2.39. The van der Waals surface area contributed by atoms with Gasteiger partial charge < -0.3 is 10.4 Å². The third kappa shape index (κ3) is 3.48. The van der Waals surface area contributed by atoms with E-state index in [0.717, 1.165) is 6.07 Å². The van der Waals surface area contributed by atoms with E-state index < -0.39 is 29.1 Å². The largest absolute Gasteiger partial charge is 0.478 e. The summed E-state index contributed by atoms with van der Waals surface area (Å²) in [5, 5.41) is 11.2. The summed E-state index contributed by atoms with van der Waals surface area (Å²) in [4.78, 5) is 21.8. The SMILES string of the molecule is O=C(CCBr)Nc1cc(C(=O)O)c(F)cc1F. The first kappa shape index (κ1) is 13.6. The molecule has 0 aromatic heterocycles. The molecular formula is C10H8BrF2NO3. The van der Waals surface area contributed by atoms with Crippen molar-refractivity contribution in [3.8, 4) is 0 Å². The van der Waals surface area contributed by atoms with Crippen molar-refractivity contribution in [2.45, 2.75) is 6.42 Å². The van der Waals surface area contributed by atoms with Crippen LogP contribution in [0.2, 0.25) is 0 Å². The van der Waals surface area contributed by atoms with Gasteiger partial charge in [0.15, 0.2) is 0 Å². The fraction of sp³-hybridized carbons (Fsp3) is 0.200. The van der Waals surface area contributed by atoms with E-state index in [0.29, 0.717) is 11.4 Å². The summed E-state index contributed by atoms with van der Waals surface area (Å²) in [5.74, 6) is -4.23. The summed E-state index contributed by atoms with van der Waals surface area (Å²) in [6.45, 7) is 0. The number of carbonyl (C=O) groups is 2. The van der Waals surface area contributed by atoms with Crippen LogP contribution in [0.4, 0.5) is 14.5 Å². The Hall–Kier alpha value is -1.50. The number of carboxylic acids is 1. The minimum atomic E-state index is -1.53. The molecule has 1 rings (SSSR count). The Morgan fingerprint density at radius 1 is 1.29 bits per heavy atom. The number of rotatable bonds is 4. The van der Waals surface area contributed by atoms with Crippen LogP contribution in [-0.4, -0.2) is 22.3 Å². The number of amides is 1. The number of halogens is 3. The molecule has 0 heterocycles. The molecule has 0 spiro atoms. The summed E-state index contributed by atoms with van der Waals surface area (Å²) < 4.78 is 26.3. The molecule has 1 aromatic rings. The molecule has 0 unspecified atom stereocenters. The molecule has 0 saturated carbocycles. The first-order chi connectivity index (χ1) is 7.95. The maximum Gasteiger partial charge on any atom is 0.338 e. The Balaban J connectivity index is 3.03. The molecule has 1 amide bonds. The lowest BCUT2D eigenvalue weighted by Gasteiger charge is -2.07. The van der Waals surface area contributed by atoms with Crippen molar-refractivity contribution >= 4 is 33.5 Å². The van der Waals surface area contributed by atoms with E-state index >= 15 is 0 Å². The quantitative estimate of drug-likeness (QED) is 0.839. The van der Waals surface area contributed by atoms with E-state index in [9.17, 15) is 18.4 Å². The van der Waals surface area contributed by atoms with Gasteiger partial charge in [0, 0.05) is 17.8 Å². The molecule has 4 nitrogen and oxygen atoms in total. The molecule has 0 aliphatic heterocycles. The number of hydrogen-bond donors (Lipinski definition) is 2. The Labute approximate surface area is 104 Å². The number of carbonyl (C=O) groups excluding carboxylic acids is 1. The lowest BCUT2D eigenvalue weighted by Crippen LogP contribution is -2.14. The summed E-state index contributed by atoms with van der Waals surface area (Å²) >= 11 is 3.02. The Morgan fingerprint density at radius 2 is 1.94 bits per heavy atom. The normalized spacial score (nSPS) is 10.1. The highest BCUT2D eigenvalue weighted by atomic mass is 79.9. The number of benzene rings is 1. The highest BCUT2D eigenvalue weighted by Gasteiger charge is 2.16. The standard InChI is InChI=1S/C10H8BrF2NO3/c11-2-1-9(15)14-8-3-5(10(16)17)6(12)4-7(8)13/h3-4H,1-2H2,(H,14,15)(H,16,17). The van der Waals surface area contributed by atoms with Crippen LogP contribution in [-0.2, 0) is 4.79 Å². The van der Waals surface area contributed by atoms with E-state index in [4.69, 9.17) is 5.11 Å². The van der Waals surface area contributed by atoms with E-state index in [-0.39, 0.29) is 12.1 Å². The number of aromatic carboxylic acids is 1. The first-order valence-corrected chi connectivity index (χ1v) is 5.66. The van der Waals surface area contributed by atoms with Gasteiger partial charge in [-0.15, -0.1) is 0 Å². The van der Waals surface area contributed by atoms with Gasteiger partial charge >= 0.3 is 5.97 Å². The average molecular weight is 308 g/mol. The van der Waals surface area contributed by atoms with Crippen LogP contribution in [0.3, 0.4) is 0 Å². The second-order valence-corrected chi connectivity index (χ2v) is 3.90. The molecule has 0 aliphatic rings. The Kier molecular flexibility index (Phi) is 4.56. The van der Waals surface area contributed by atoms with Crippen LogP contribution in [0, 0.1) is 11.6 Å². The van der Waals surface area contributed by atoms with Crippen molar-refractivity contribution in [1.29, 1.82) is 0 Å². The van der Waals surface area contributed by atoms with Crippen LogP contribution in [0.15, 0.2) is 12.1 Å².